The van der Waals surface area contributed by atoms with Gasteiger partial charge in [0.2, 0.25) is 0 Å². The van der Waals surface area contributed by atoms with Gasteiger partial charge in [0, 0.05) is 32.9 Å². The van der Waals surface area contributed by atoms with Gasteiger partial charge in [-0.05, 0) is 105 Å². The fourth-order valence-electron chi connectivity index (χ4n) is 9.19. The fraction of sp³-hybridized carbons (Fsp3) is 0.0370. The lowest BCUT2D eigenvalue weighted by atomic mass is 9.74. The smallest absolute Gasteiger partial charge is 0.136 e. The van der Waals surface area contributed by atoms with Crippen LogP contribution in [0.5, 0.6) is 0 Å². The number of anilines is 3. The molecular formula is C54H37NO. The molecule has 0 amide bonds. The molecule has 1 heterocycles. The monoisotopic (exact) mass is 715 g/mol. The third-order valence-electron chi connectivity index (χ3n) is 12.0. The predicted octanol–water partition coefficient (Wildman–Crippen LogP) is 14.9. The van der Waals surface area contributed by atoms with Crippen LogP contribution in [0, 0.1) is 0 Å². The number of nitrogens with zero attached hydrogens (tertiary/aromatic N) is 1. The summed E-state index contributed by atoms with van der Waals surface area (Å²) in [5.74, 6) is 0. The Morgan fingerprint density at radius 2 is 0.982 bits per heavy atom. The van der Waals surface area contributed by atoms with E-state index in [0.29, 0.717) is 0 Å². The quantitative estimate of drug-likeness (QED) is 0.170. The van der Waals surface area contributed by atoms with Gasteiger partial charge in [0.25, 0.3) is 0 Å². The molecule has 9 aromatic carbocycles. The average Bonchev–Trinajstić information content (AvgIpc) is 3.78. The third-order valence-corrected chi connectivity index (χ3v) is 12.0. The summed E-state index contributed by atoms with van der Waals surface area (Å²) >= 11 is 0. The number of furan rings is 1. The van der Waals surface area contributed by atoms with Crippen molar-refractivity contribution < 1.29 is 4.42 Å². The van der Waals surface area contributed by atoms with Crippen molar-refractivity contribution in [2.45, 2.75) is 12.3 Å². The molecule has 0 N–H and O–H groups in total. The summed E-state index contributed by atoms with van der Waals surface area (Å²) < 4.78 is 6.64. The molecule has 0 bridgehead atoms. The van der Waals surface area contributed by atoms with Gasteiger partial charge in [-0.3, -0.25) is 0 Å². The lowest BCUT2D eigenvalue weighted by molar-refractivity contribution is 0.662. The summed E-state index contributed by atoms with van der Waals surface area (Å²) in [6.45, 7) is 2.35. The number of hydrogen-bond acceptors (Lipinski definition) is 2. The second kappa shape index (κ2) is 12.7. The van der Waals surface area contributed by atoms with Crippen molar-refractivity contribution in [3.8, 4) is 33.4 Å². The van der Waals surface area contributed by atoms with E-state index in [2.05, 4.69) is 218 Å². The Hall–Kier alpha value is -7.16. The van der Waals surface area contributed by atoms with E-state index in [1.165, 1.54) is 60.8 Å². The molecule has 0 saturated carbocycles. The highest BCUT2D eigenvalue weighted by atomic mass is 16.3. The predicted molar refractivity (Wildman–Crippen MR) is 234 cm³/mol. The van der Waals surface area contributed by atoms with Gasteiger partial charge >= 0.3 is 0 Å². The van der Waals surface area contributed by atoms with Crippen molar-refractivity contribution in [2.24, 2.45) is 0 Å². The summed E-state index contributed by atoms with van der Waals surface area (Å²) in [5, 5.41) is 4.73. The van der Waals surface area contributed by atoms with Crippen LogP contribution in [0.25, 0.3) is 66.1 Å². The summed E-state index contributed by atoms with van der Waals surface area (Å²) in [4.78, 5) is 2.35. The van der Waals surface area contributed by atoms with Gasteiger partial charge in [-0.1, -0.05) is 164 Å². The first-order valence-electron chi connectivity index (χ1n) is 19.3. The third kappa shape index (κ3) is 4.96. The highest BCUT2D eigenvalue weighted by molar-refractivity contribution is 6.12. The van der Waals surface area contributed by atoms with Gasteiger partial charge < -0.3 is 9.32 Å². The van der Waals surface area contributed by atoms with Crippen LogP contribution >= 0.6 is 0 Å². The zero-order valence-electron chi connectivity index (χ0n) is 31.0. The van der Waals surface area contributed by atoms with Crippen molar-refractivity contribution in [1.29, 1.82) is 0 Å². The van der Waals surface area contributed by atoms with Crippen LogP contribution in [-0.4, -0.2) is 0 Å². The molecule has 0 unspecified atom stereocenters. The van der Waals surface area contributed by atoms with Crippen LogP contribution in [-0.2, 0) is 5.41 Å². The number of para-hydroxylation sites is 1. The van der Waals surface area contributed by atoms with Crippen molar-refractivity contribution in [3.63, 3.8) is 0 Å². The summed E-state index contributed by atoms with van der Waals surface area (Å²) in [5.41, 5.74) is 16.2. The first kappa shape index (κ1) is 32.3. The van der Waals surface area contributed by atoms with Gasteiger partial charge in [-0.2, -0.15) is 0 Å². The molecule has 2 heteroatoms. The van der Waals surface area contributed by atoms with Crippen LogP contribution < -0.4 is 4.90 Å². The second-order valence-corrected chi connectivity index (χ2v) is 15.0. The molecule has 10 aromatic rings. The highest BCUT2D eigenvalue weighted by Crippen LogP contribution is 2.53. The molecule has 0 saturated heterocycles. The Balaban J connectivity index is 0.936. The van der Waals surface area contributed by atoms with Crippen molar-refractivity contribution >= 4 is 49.8 Å². The van der Waals surface area contributed by atoms with E-state index >= 15 is 0 Å². The van der Waals surface area contributed by atoms with E-state index in [9.17, 15) is 0 Å². The normalized spacial score (nSPS) is 12.9. The summed E-state index contributed by atoms with van der Waals surface area (Å²) in [6, 6.07) is 74.5. The lowest BCUT2D eigenvalue weighted by Gasteiger charge is -2.28. The minimum Gasteiger partial charge on any atom is -0.456 e. The molecule has 0 fully saturated rings. The van der Waals surface area contributed by atoms with Crippen molar-refractivity contribution in [1.82, 2.24) is 0 Å². The van der Waals surface area contributed by atoms with Crippen LogP contribution in [0.1, 0.15) is 23.6 Å². The highest BCUT2D eigenvalue weighted by Gasteiger charge is 2.40. The van der Waals surface area contributed by atoms with E-state index in [0.717, 1.165) is 39.0 Å². The Morgan fingerprint density at radius 1 is 0.411 bits per heavy atom. The van der Waals surface area contributed by atoms with Gasteiger partial charge in [0.05, 0.1) is 5.69 Å². The van der Waals surface area contributed by atoms with Crippen LogP contribution in [0.2, 0.25) is 0 Å². The molecule has 56 heavy (non-hydrogen) atoms. The van der Waals surface area contributed by atoms with Crippen LogP contribution in [0.3, 0.4) is 0 Å². The van der Waals surface area contributed by atoms with Crippen LogP contribution in [0.4, 0.5) is 17.1 Å². The summed E-state index contributed by atoms with van der Waals surface area (Å²) in [7, 11) is 0. The van der Waals surface area contributed by atoms with Gasteiger partial charge in [0.1, 0.15) is 11.2 Å². The van der Waals surface area contributed by atoms with E-state index in [1.54, 1.807) is 0 Å². The molecule has 1 aromatic heterocycles. The molecule has 0 radical (unpaired) electrons. The number of benzene rings is 9. The minimum absolute atomic E-state index is 0.271. The topological polar surface area (TPSA) is 16.4 Å². The maximum atomic E-state index is 6.64. The molecule has 2 nitrogen and oxygen atoms in total. The molecule has 1 aliphatic carbocycles. The lowest BCUT2D eigenvalue weighted by Crippen LogP contribution is -2.22. The molecular weight excluding hydrogens is 679 g/mol. The van der Waals surface area contributed by atoms with Crippen LogP contribution in [0.15, 0.2) is 211 Å². The summed E-state index contributed by atoms with van der Waals surface area (Å²) in [6.07, 6.45) is 0. The van der Waals surface area contributed by atoms with Gasteiger partial charge in [-0.15, -0.1) is 0 Å². The molecule has 264 valence electrons. The molecule has 0 atom stereocenters. The first-order valence-corrected chi connectivity index (χ1v) is 19.3. The molecule has 1 aliphatic rings. The van der Waals surface area contributed by atoms with Crippen molar-refractivity contribution in [2.75, 3.05) is 4.90 Å². The number of fused-ring (bicyclic) bond motifs is 7. The Morgan fingerprint density at radius 3 is 1.73 bits per heavy atom. The molecule has 11 rings (SSSR count). The molecule has 0 spiro atoms. The van der Waals surface area contributed by atoms with Crippen molar-refractivity contribution in [3.05, 3.63) is 223 Å². The maximum Gasteiger partial charge on any atom is 0.136 e. The maximum absolute atomic E-state index is 6.64. The minimum atomic E-state index is -0.271. The molecule has 0 aliphatic heterocycles. The Bertz CT molecular complexity index is 3030. The zero-order valence-corrected chi connectivity index (χ0v) is 31.0. The average molecular weight is 716 g/mol. The zero-order chi connectivity index (χ0) is 37.2. The van der Waals surface area contributed by atoms with Gasteiger partial charge in [0.15, 0.2) is 0 Å². The van der Waals surface area contributed by atoms with E-state index < -0.39 is 0 Å². The Kier molecular flexibility index (Phi) is 7.33. The second-order valence-electron chi connectivity index (χ2n) is 15.0. The SMILES string of the molecule is CC1(c2ccc3c(c2)oc2cccc(-c4ccc(-c5ccc(N(c6ccccc6)c6cccc7ccccc67)cc5)cc4)c23)c2ccccc2-c2ccccc21. The standard InChI is InChI=1S/C54H37NO/c1-54(48-21-9-7-18-45(48)46-19-8-10-22-49(46)54)40-31-34-47-52(35-40)56-51-24-12-20-44(53(47)51)39-27-25-36(26-28-39)37-29-32-42(33-30-37)55(41-15-3-2-4-16-41)50-23-11-14-38-13-5-6-17-43(38)50/h2-35H,1H3. The van der Waals surface area contributed by atoms with E-state index in [1.807, 2.05) is 0 Å². The first-order chi connectivity index (χ1) is 27.6. The largest absolute Gasteiger partial charge is 0.456 e. The van der Waals surface area contributed by atoms with E-state index in [-0.39, 0.29) is 5.41 Å². The van der Waals surface area contributed by atoms with E-state index in [4.69, 9.17) is 4.42 Å². The Labute approximate surface area is 326 Å². The number of rotatable bonds is 6. The van der Waals surface area contributed by atoms with Gasteiger partial charge in [-0.25, -0.2) is 0 Å². The number of hydrogen-bond donors (Lipinski definition) is 0. The fourth-order valence-corrected chi connectivity index (χ4v) is 9.19.